The van der Waals surface area contributed by atoms with Gasteiger partial charge in [-0.05, 0) is 25.5 Å². The van der Waals surface area contributed by atoms with Crippen LogP contribution in [-0.2, 0) is 0 Å². The minimum atomic E-state index is 1.10. The maximum atomic E-state index is 4.41. The van der Waals surface area contributed by atoms with Gasteiger partial charge in [-0.2, -0.15) is 0 Å². The van der Waals surface area contributed by atoms with E-state index in [-0.39, 0.29) is 0 Å². The van der Waals surface area contributed by atoms with E-state index in [9.17, 15) is 0 Å². The number of fused-ring (bicyclic) bond motifs is 1. The lowest BCUT2D eigenvalue weighted by Gasteiger charge is -1.98. The Hall–Kier alpha value is -0.470. The van der Waals surface area contributed by atoms with Crippen LogP contribution in [0.1, 0.15) is 11.1 Å². The van der Waals surface area contributed by atoms with E-state index in [1.807, 2.05) is 0 Å². The highest BCUT2D eigenvalue weighted by Gasteiger charge is 2.03. The van der Waals surface area contributed by atoms with Crippen LogP contribution in [0.4, 0.5) is 0 Å². The topological polar surface area (TPSA) is 0 Å². The van der Waals surface area contributed by atoms with Gasteiger partial charge in [-0.15, -0.1) is 24.0 Å². The Balaban J connectivity index is 2.92. The van der Waals surface area contributed by atoms with Crippen LogP contribution in [0.15, 0.2) is 22.4 Å². The van der Waals surface area contributed by atoms with Crippen molar-refractivity contribution in [2.45, 2.75) is 18.7 Å². The summed E-state index contributed by atoms with van der Waals surface area (Å²) >= 11 is 6.18. The second-order valence-electron chi connectivity index (χ2n) is 3.08. The molecule has 62 valence electrons. The number of hydrogen-bond donors (Lipinski definition) is 1. The third-order valence-electron chi connectivity index (χ3n) is 1.98. The first-order chi connectivity index (χ1) is 5.68. The highest BCUT2D eigenvalue weighted by Crippen LogP contribution is 2.31. The van der Waals surface area contributed by atoms with Gasteiger partial charge in [0.25, 0.3) is 0 Å². The van der Waals surface area contributed by atoms with Crippen LogP contribution in [0.25, 0.3) is 10.1 Å². The van der Waals surface area contributed by atoms with Crippen molar-refractivity contribution >= 4 is 34.1 Å². The molecule has 2 rings (SSSR count). The van der Waals surface area contributed by atoms with E-state index in [4.69, 9.17) is 0 Å². The van der Waals surface area contributed by atoms with E-state index in [0.717, 1.165) is 4.90 Å². The molecular weight excluding hydrogens is 184 g/mol. The van der Waals surface area contributed by atoms with Gasteiger partial charge in [-0.25, -0.2) is 0 Å². The lowest BCUT2D eigenvalue weighted by Crippen LogP contribution is -1.76. The highest BCUT2D eigenvalue weighted by molar-refractivity contribution is 7.80. The van der Waals surface area contributed by atoms with E-state index in [1.54, 1.807) is 11.3 Å². The van der Waals surface area contributed by atoms with Crippen LogP contribution >= 0.6 is 24.0 Å². The monoisotopic (exact) mass is 194 g/mol. The molecule has 0 fully saturated rings. The molecule has 0 bridgehead atoms. The molecule has 0 radical (unpaired) electrons. The fraction of sp³-hybridized carbons (Fsp3) is 0.200. The van der Waals surface area contributed by atoms with Crippen molar-refractivity contribution in [1.82, 2.24) is 0 Å². The van der Waals surface area contributed by atoms with Crippen molar-refractivity contribution in [3.63, 3.8) is 0 Å². The summed E-state index contributed by atoms with van der Waals surface area (Å²) in [5.41, 5.74) is 2.67. The van der Waals surface area contributed by atoms with Gasteiger partial charge < -0.3 is 0 Å². The minimum Gasteiger partial charge on any atom is -0.142 e. The first kappa shape index (κ1) is 8.14. The summed E-state index contributed by atoms with van der Waals surface area (Å²) in [6.07, 6.45) is 0. The molecule has 0 nitrogen and oxygen atoms in total. The fourth-order valence-electron chi connectivity index (χ4n) is 1.48. The Labute approximate surface area is 81.6 Å². The van der Waals surface area contributed by atoms with E-state index >= 15 is 0 Å². The molecule has 0 N–H and O–H groups in total. The van der Waals surface area contributed by atoms with Crippen LogP contribution in [0, 0.1) is 13.8 Å². The lowest BCUT2D eigenvalue weighted by molar-refractivity contribution is 1.43. The molecule has 0 amide bonds. The summed E-state index contributed by atoms with van der Waals surface area (Å²) in [6, 6.07) is 4.41. The first-order valence-electron chi connectivity index (χ1n) is 3.86. The van der Waals surface area contributed by atoms with Crippen LogP contribution in [0.5, 0.6) is 0 Å². The second kappa shape index (κ2) is 2.79. The molecule has 0 aliphatic heterocycles. The number of benzene rings is 1. The Bertz CT molecular complexity index is 427. The molecular formula is C10H10S2. The molecule has 0 atom stereocenters. The zero-order valence-electron chi connectivity index (χ0n) is 7.09. The second-order valence-corrected chi connectivity index (χ2v) is 4.44. The largest absolute Gasteiger partial charge is 0.142 e. The van der Waals surface area contributed by atoms with Crippen molar-refractivity contribution in [1.29, 1.82) is 0 Å². The van der Waals surface area contributed by atoms with Gasteiger partial charge in [-0.1, -0.05) is 11.6 Å². The Morgan fingerprint density at radius 3 is 2.75 bits per heavy atom. The molecule has 12 heavy (non-hydrogen) atoms. The highest BCUT2D eigenvalue weighted by atomic mass is 32.1. The first-order valence-corrected chi connectivity index (χ1v) is 5.18. The van der Waals surface area contributed by atoms with Gasteiger partial charge in [0.2, 0.25) is 0 Å². The molecule has 2 heteroatoms. The quantitative estimate of drug-likeness (QED) is 0.606. The predicted octanol–water partition coefficient (Wildman–Crippen LogP) is 3.81. The van der Waals surface area contributed by atoms with E-state index in [2.05, 4.69) is 44.0 Å². The average molecular weight is 194 g/mol. The SMILES string of the molecule is Cc1cc(C)c2scc(S)c2c1. The summed E-state index contributed by atoms with van der Waals surface area (Å²) in [5, 5.41) is 3.39. The molecule has 0 saturated heterocycles. The summed E-state index contributed by atoms with van der Waals surface area (Å²) in [6.45, 7) is 4.27. The number of rotatable bonds is 0. The Morgan fingerprint density at radius 1 is 1.25 bits per heavy atom. The van der Waals surface area contributed by atoms with Gasteiger partial charge >= 0.3 is 0 Å². The molecule has 0 saturated carbocycles. The van der Waals surface area contributed by atoms with Gasteiger partial charge in [0.1, 0.15) is 0 Å². The zero-order valence-corrected chi connectivity index (χ0v) is 8.80. The molecule has 1 aromatic carbocycles. The summed E-state index contributed by atoms with van der Waals surface area (Å²) < 4.78 is 1.37. The molecule has 0 aliphatic carbocycles. The number of hydrogen-bond acceptors (Lipinski definition) is 2. The number of thiol groups is 1. The standard InChI is InChI=1S/C10H10S2/c1-6-3-7(2)10-8(4-6)9(11)5-12-10/h3-5,11H,1-2H3. The zero-order chi connectivity index (χ0) is 8.72. The van der Waals surface area contributed by atoms with Crippen LogP contribution in [0.3, 0.4) is 0 Å². The van der Waals surface area contributed by atoms with Crippen molar-refractivity contribution in [3.8, 4) is 0 Å². The van der Waals surface area contributed by atoms with Gasteiger partial charge in [0.15, 0.2) is 0 Å². The molecule has 0 unspecified atom stereocenters. The van der Waals surface area contributed by atoms with Crippen molar-refractivity contribution in [3.05, 3.63) is 28.6 Å². The fourth-order valence-corrected chi connectivity index (χ4v) is 2.79. The lowest BCUT2D eigenvalue weighted by atomic mass is 10.1. The van der Waals surface area contributed by atoms with Crippen molar-refractivity contribution in [2.75, 3.05) is 0 Å². The predicted molar refractivity (Wildman–Crippen MR) is 58.6 cm³/mol. The van der Waals surface area contributed by atoms with Gasteiger partial charge in [-0.3, -0.25) is 0 Å². The van der Waals surface area contributed by atoms with Crippen LogP contribution in [-0.4, -0.2) is 0 Å². The maximum Gasteiger partial charge on any atom is 0.0383 e. The average Bonchev–Trinajstić information content (AvgIpc) is 2.33. The summed E-state index contributed by atoms with van der Waals surface area (Å²) in [4.78, 5) is 1.10. The van der Waals surface area contributed by atoms with Gasteiger partial charge in [0.05, 0.1) is 0 Å². The number of aryl methyl sites for hydroxylation is 2. The molecule has 2 aromatic rings. The molecule has 1 heterocycles. The van der Waals surface area contributed by atoms with Crippen molar-refractivity contribution in [2.24, 2.45) is 0 Å². The van der Waals surface area contributed by atoms with Crippen LogP contribution < -0.4 is 0 Å². The minimum absolute atomic E-state index is 1.10. The Morgan fingerprint density at radius 2 is 2.00 bits per heavy atom. The van der Waals surface area contributed by atoms with E-state index < -0.39 is 0 Å². The van der Waals surface area contributed by atoms with Gasteiger partial charge in [0, 0.05) is 20.4 Å². The third-order valence-corrected chi connectivity index (χ3v) is 3.66. The molecule has 1 aromatic heterocycles. The van der Waals surface area contributed by atoms with Crippen LogP contribution in [0.2, 0.25) is 0 Å². The van der Waals surface area contributed by atoms with Crippen molar-refractivity contribution < 1.29 is 0 Å². The third kappa shape index (κ3) is 1.15. The summed E-state index contributed by atoms with van der Waals surface area (Å²) in [5.74, 6) is 0. The normalized spacial score (nSPS) is 10.9. The molecule has 0 spiro atoms. The van der Waals surface area contributed by atoms with E-state index in [0.29, 0.717) is 0 Å². The molecule has 0 aliphatic rings. The number of thiophene rings is 1. The summed E-state index contributed by atoms with van der Waals surface area (Å²) in [7, 11) is 0. The Kier molecular flexibility index (Phi) is 1.89. The van der Waals surface area contributed by atoms with E-state index in [1.165, 1.54) is 21.2 Å². The smallest absolute Gasteiger partial charge is 0.0383 e. The maximum absolute atomic E-state index is 4.41.